The summed E-state index contributed by atoms with van der Waals surface area (Å²) in [7, 11) is 0. The van der Waals surface area contributed by atoms with Crippen molar-refractivity contribution >= 4 is 17.5 Å². The maximum Gasteiger partial charge on any atom is 0.287 e. The van der Waals surface area contributed by atoms with Crippen LogP contribution in [0.3, 0.4) is 0 Å². The molecule has 0 bridgehead atoms. The molecule has 1 aromatic heterocycles. The summed E-state index contributed by atoms with van der Waals surface area (Å²) in [5, 5.41) is 2.70. The van der Waals surface area contributed by atoms with Gasteiger partial charge in [0.2, 0.25) is 0 Å². The molecule has 0 radical (unpaired) electrons. The molecule has 3 nitrogen and oxygen atoms in total. The van der Waals surface area contributed by atoms with Gasteiger partial charge in [-0.15, -0.1) is 11.6 Å². The molecule has 15 heavy (non-hydrogen) atoms. The molecule has 1 heterocycles. The van der Waals surface area contributed by atoms with E-state index in [0.717, 1.165) is 18.6 Å². The first-order valence-corrected chi connectivity index (χ1v) is 5.62. The van der Waals surface area contributed by atoms with E-state index in [1.165, 1.54) is 0 Å². The van der Waals surface area contributed by atoms with E-state index in [1.54, 1.807) is 6.07 Å². The van der Waals surface area contributed by atoms with E-state index >= 15 is 0 Å². The number of hydrogen-bond donors (Lipinski definition) is 1. The van der Waals surface area contributed by atoms with Crippen molar-refractivity contribution in [2.45, 2.75) is 32.1 Å². The first-order valence-electron chi connectivity index (χ1n) is 5.18. The smallest absolute Gasteiger partial charge is 0.287 e. The lowest BCUT2D eigenvalue weighted by atomic mass is 10.3. The highest BCUT2D eigenvalue weighted by Gasteiger charge is 2.11. The lowest BCUT2D eigenvalue weighted by Crippen LogP contribution is -2.29. The molecule has 0 aliphatic carbocycles. The number of aryl methyl sites for hydroxylation is 1. The van der Waals surface area contributed by atoms with Gasteiger partial charge in [-0.3, -0.25) is 4.79 Å². The predicted molar refractivity (Wildman–Crippen MR) is 60.4 cm³/mol. The fourth-order valence-electron chi connectivity index (χ4n) is 1.12. The molecule has 0 aliphatic rings. The monoisotopic (exact) mass is 229 g/mol. The summed E-state index contributed by atoms with van der Waals surface area (Å²) in [4.78, 5) is 11.5. The van der Waals surface area contributed by atoms with E-state index in [-0.39, 0.29) is 11.3 Å². The molecule has 1 rings (SSSR count). The minimum atomic E-state index is -0.200. The fraction of sp³-hybridized carbons (Fsp3) is 0.545. The number of carbonyl (C=O) groups excluding carboxylic acids is 1. The van der Waals surface area contributed by atoms with Crippen molar-refractivity contribution in [3.8, 4) is 0 Å². The van der Waals surface area contributed by atoms with Crippen LogP contribution in [-0.4, -0.2) is 17.8 Å². The van der Waals surface area contributed by atoms with Gasteiger partial charge in [-0.05, 0) is 18.6 Å². The number of alkyl halides is 1. The van der Waals surface area contributed by atoms with E-state index in [1.807, 2.05) is 19.9 Å². The minimum absolute atomic E-state index is 0.0189. The Morgan fingerprint density at radius 1 is 1.53 bits per heavy atom. The zero-order valence-electron chi connectivity index (χ0n) is 9.05. The Hall–Kier alpha value is -0.960. The summed E-state index contributed by atoms with van der Waals surface area (Å²) in [6, 6.07) is 3.50. The van der Waals surface area contributed by atoms with Crippen molar-refractivity contribution in [3.05, 3.63) is 23.7 Å². The van der Waals surface area contributed by atoms with Gasteiger partial charge in [-0.2, -0.15) is 0 Å². The number of amides is 1. The van der Waals surface area contributed by atoms with Gasteiger partial charge in [-0.25, -0.2) is 0 Å². The SMILES string of the molecule is CCc1ccc(C(=O)NCC(Cl)CC)o1. The Kier molecular flexibility index (Phi) is 4.69. The van der Waals surface area contributed by atoms with Crippen molar-refractivity contribution in [1.82, 2.24) is 5.32 Å². The first-order chi connectivity index (χ1) is 7.17. The molecule has 84 valence electrons. The van der Waals surface area contributed by atoms with Crippen molar-refractivity contribution in [2.75, 3.05) is 6.54 Å². The number of hydrogen-bond acceptors (Lipinski definition) is 2. The number of halogens is 1. The van der Waals surface area contributed by atoms with Gasteiger partial charge >= 0.3 is 0 Å². The van der Waals surface area contributed by atoms with E-state index in [0.29, 0.717) is 12.3 Å². The summed E-state index contributed by atoms with van der Waals surface area (Å²) in [5.41, 5.74) is 0. The van der Waals surface area contributed by atoms with Crippen molar-refractivity contribution in [2.24, 2.45) is 0 Å². The van der Waals surface area contributed by atoms with Crippen LogP contribution in [-0.2, 0) is 6.42 Å². The molecule has 4 heteroatoms. The normalized spacial score (nSPS) is 12.5. The van der Waals surface area contributed by atoms with E-state index in [4.69, 9.17) is 16.0 Å². The molecule has 0 saturated carbocycles. The Labute approximate surface area is 94.8 Å². The Morgan fingerprint density at radius 2 is 2.27 bits per heavy atom. The Morgan fingerprint density at radius 3 is 2.80 bits per heavy atom. The Bertz CT molecular complexity index is 322. The number of nitrogens with one attached hydrogen (secondary N) is 1. The third-order valence-electron chi connectivity index (χ3n) is 2.16. The number of carbonyl (C=O) groups is 1. The molecule has 1 N–H and O–H groups in total. The minimum Gasteiger partial charge on any atom is -0.456 e. The molecule has 0 saturated heterocycles. The summed E-state index contributed by atoms with van der Waals surface area (Å²) in [6.45, 7) is 4.43. The fourth-order valence-corrected chi connectivity index (χ4v) is 1.20. The van der Waals surface area contributed by atoms with E-state index < -0.39 is 0 Å². The molecule has 1 atom stereocenters. The van der Waals surface area contributed by atoms with Gasteiger partial charge in [0, 0.05) is 13.0 Å². The summed E-state index contributed by atoms with van der Waals surface area (Å²) in [6.07, 6.45) is 1.63. The lowest BCUT2D eigenvalue weighted by Gasteiger charge is -2.06. The maximum atomic E-state index is 11.5. The van der Waals surface area contributed by atoms with Crippen LogP contribution in [0.1, 0.15) is 36.6 Å². The van der Waals surface area contributed by atoms with Crippen LogP contribution < -0.4 is 5.32 Å². The summed E-state index contributed by atoms with van der Waals surface area (Å²) >= 11 is 5.88. The van der Waals surface area contributed by atoms with Crippen LogP contribution in [0.15, 0.2) is 16.5 Å². The first kappa shape index (κ1) is 12.1. The molecule has 0 aromatic carbocycles. The van der Waals surface area contributed by atoms with Crippen LogP contribution >= 0.6 is 11.6 Å². The second-order valence-electron chi connectivity index (χ2n) is 3.34. The van der Waals surface area contributed by atoms with Gasteiger partial charge in [0.25, 0.3) is 5.91 Å². The zero-order valence-corrected chi connectivity index (χ0v) is 9.80. The maximum absolute atomic E-state index is 11.5. The third kappa shape index (κ3) is 3.59. The van der Waals surface area contributed by atoms with Gasteiger partial charge < -0.3 is 9.73 Å². The molecule has 0 spiro atoms. The summed E-state index contributed by atoms with van der Waals surface area (Å²) in [5.74, 6) is 0.971. The van der Waals surface area contributed by atoms with Crippen LogP contribution in [0.5, 0.6) is 0 Å². The van der Waals surface area contributed by atoms with Gasteiger partial charge in [0.15, 0.2) is 5.76 Å². The summed E-state index contributed by atoms with van der Waals surface area (Å²) < 4.78 is 5.31. The molecule has 0 fully saturated rings. The highest BCUT2D eigenvalue weighted by Crippen LogP contribution is 2.08. The second-order valence-corrected chi connectivity index (χ2v) is 3.95. The van der Waals surface area contributed by atoms with Gasteiger partial charge in [-0.1, -0.05) is 13.8 Å². The predicted octanol–water partition coefficient (Wildman–Crippen LogP) is 2.59. The average Bonchev–Trinajstić information content (AvgIpc) is 2.73. The lowest BCUT2D eigenvalue weighted by molar-refractivity contribution is 0.0924. The molecule has 1 amide bonds. The molecule has 1 aromatic rings. The van der Waals surface area contributed by atoms with E-state index in [2.05, 4.69) is 5.32 Å². The van der Waals surface area contributed by atoms with Crippen LogP contribution in [0.2, 0.25) is 0 Å². The second kappa shape index (κ2) is 5.81. The van der Waals surface area contributed by atoms with Crippen LogP contribution in [0.4, 0.5) is 0 Å². The zero-order chi connectivity index (χ0) is 11.3. The number of furan rings is 1. The van der Waals surface area contributed by atoms with E-state index in [9.17, 15) is 4.79 Å². The average molecular weight is 230 g/mol. The molecule has 1 unspecified atom stereocenters. The van der Waals surface area contributed by atoms with Crippen molar-refractivity contribution < 1.29 is 9.21 Å². The standard InChI is InChI=1S/C11H16ClNO2/c1-3-8(12)7-13-11(14)10-6-5-9(4-2)15-10/h5-6,8H,3-4,7H2,1-2H3,(H,13,14). The van der Waals surface area contributed by atoms with Crippen molar-refractivity contribution in [3.63, 3.8) is 0 Å². The largest absolute Gasteiger partial charge is 0.456 e. The van der Waals surface area contributed by atoms with Crippen LogP contribution in [0.25, 0.3) is 0 Å². The van der Waals surface area contributed by atoms with Crippen molar-refractivity contribution in [1.29, 1.82) is 0 Å². The molecular weight excluding hydrogens is 214 g/mol. The molecule has 0 aliphatic heterocycles. The number of rotatable bonds is 5. The third-order valence-corrected chi connectivity index (χ3v) is 2.62. The quantitative estimate of drug-likeness (QED) is 0.789. The highest BCUT2D eigenvalue weighted by molar-refractivity contribution is 6.20. The Balaban J connectivity index is 2.46. The highest BCUT2D eigenvalue weighted by atomic mass is 35.5. The topological polar surface area (TPSA) is 42.2 Å². The molecular formula is C11H16ClNO2. The van der Waals surface area contributed by atoms with Gasteiger partial charge in [0.1, 0.15) is 5.76 Å². The van der Waals surface area contributed by atoms with Crippen LogP contribution in [0, 0.1) is 0 Å². The van der Waals surface area contributed by atoms with Gasteiger partial charge in [0.05, 0.1) is 5.38 Å².